The summed E-state index contributed by atoms with van der Waals surface area (Å²) < 4.78 is 19.6. The van der Waals surface area contributed by atoms with Gasteiger partial charge in [-0.05, 0) is 45.4 Å². The minimum Gasteiger partial charge on any atom is -0.443 e. The van der Waals surface area contributed by atoms with E-state index in [-0.39, 0.29) is 12.5 Å². The SMILES string of the molecule is CC(N)c1ccc2c(c1)C(F)CCN2C(=O)OC(C)(C)C. The summed E-state index contributed by atoms with van der Waals surface area (Å²) in [5.41, 5.74) is 7.22. The molecule has 1 aromatic carbocycles. The largest absolute Gasteiger partial charge is 0.443 e. The number of hydrogen-bond donors (Lipinski definition) is 1. The topological polar surface area (TPSA) is 55.6 Å². The smallest absolute Gasteiger partial charge is 0.414 e. The van der Waals surface area contributed by atoms with Gasteiger partial charge in [-0.15, -0.1) is 0 Å². The Morgan fingerprint density at radius 1 is 1.48 bits per heavy atom. The fourth-order valence-corrected chi connectivity index (χ4v) is 2.38. The summed E-state index contributed by atoms with van der Waals surface area (Å²) in [5, 5.41) is 0. The molecule has 1 aliphatic rings. The van der Waals surface area contributed by atoms with Crippen LogP contribution in [0.25, 0.3) is 0 Å². The molecule has 2 unspecified atom stereocenters. The lowest BCUT2D eigenvalue weighted by atomic mass is 9.96. The second-order valence-electron chi connectivity index (χ2n) is 6.50. The highest BCUT2D eigenvalue weighted by atomic mass is 19.1. The zero-order valence-electron chi connectivity index (χ0n) is 13.0. The molecule has 5 heteroatoms. The first-order valence-corrected chi connectivity index (χ1v) is 7.23. The molecule has 1 amide bonds. The van der Waals surface area contributed by atoms with E-state index in [1.165, 1.54) is 4.90 Å². The van der Waals surface area contributed by atoms with Crippen LogP contribution in [-0.4, -0.2) is 18.2 Å². The Kier molecular flexibility index (Phi) is 4.23. The van der Waals surface area contributed by atoms with Crippen LogP contribution in [-0.2, 0) is 4.74 Å². The molecular weight excluding hydrogens is 271 g/mol. The van der Waals surface area contributed by atoms with Gasteiger partial charge in [0.05, 0.1) is 5.69 Å². The van der Waals surface area contributed by atoms with Gasteiger partial charge in [-0.2, -0.15) is 0 Å². The van der Waals surface area contributed by atoms with Gasteiger partial charge in [0.1, 0.15) is 11.8 Å². The number of rotatable bonds is 1. The summed E-state index contributed by atoms with van der Waals surface area (Å²) >= 11 is 0. The van der Waals surface area contributed by atoms with Crippen molar-refractivity contribution in [2.45, 2.75) is 51.9 Å². The maximum Gasteiger partial charge on any atom is 0.414 e. The minimum atomic E-state index is -1.07. The van der Waals surface area contributed by atoms with Gasteiger partial charge in [0, 0.05) is 24.6 Å². The number of fused-ring (bicyclic) bond motifs is 1. The van der Waals surface area contributed by atoms with Gasteiger partial charge in [0.2, 0.25) is 0 Å². The van der Waals surface area contributed by atoms with Gasteiger partial charge >= 0.3 is 6.09 Å². The van der Waals surface area contributed by atoms with Gasteiger partial charge in [0.25, 0.3) is 0 Å². The fraction of sp³-hybridized carbons (Fsp3) is 0.562. The Morgan fingerprint density at radius 3 is 2.71 bits per heavy atom. The zero-order chi connectivity index (χ0) is 15.8. The maximum absolute atomic E-state index is 14.2. The first-order chi connectivity index (χ1) is 9.69. The van der Waals surface area contributed by atoms with Gasteiger partial charge in [-0.1, -0.05) is 6.07 Å². The highest BCUT2D eigenvalue weighted by Crippen LogP contribution is 2.38. The number of nitrogens with two attached hydrogens (primary N) is 1. The highest BCUT2D eigenvalue weighted by molar-refractivity contribution is 5.89. The normalized spacial score (nSPS) is 19.9. The Morgan fingerprint density at radius 2 is 2.14 bits per heavy atom. The van der Waals surface area contributed by atoms with Crippen LogP contribution in [0.1, 0.15) is 57.5 Å². The van der Waals surface area contributed by atoms with Crippen molar-refractivity contribution < 1.29 is 13.9 Å². The summed E-state index contributed by atoms with van der Waals surface area (Å²) in [5.74, 6) is 0. The van der Waals surface area contributed by atoms with E-state index in [0.29, 0.717) is 17.8 Å². The lowest BCUT2D eigenvalue weighted by molar-refractivity contribution is 0.0573. The third-order valence-electron chi connectivity index (χ3n) is 3.43. The van der Waals surface area contributed by atoms with E-state index in [1.54, 1.807) is 12.1 Å². The fourth-order valence-electron chi connectivity index (χ4n) is 2.38. The lowest BCUT2D eigenvalue weighted by Crippen LogP contribution is -2.40. The molecule has 2 atom stereocenters. The number of nitrogens with zero attached hydrogens (tertiary/aromatic N) is 1. The van der Waals surface area contributed by atoms with Crippen LogP contribution in [0, 0.1) is 0 Å². The van der Waals surface area contributed by atoms with E-state index in [0.717, 1.165) is 5.56 Å². The number of amides is 1. The Bertz CT molecular complexity index is 538. The summed E-state index contributed by atoms with van der Waals surface area (Å²) in [7, 11) is 0. The van der Waals surface area contributed by atoms with Crippen molar-refractivity contribution in [3.63, 3.8) is 0 Å². The maximum atomic E-state index is 14.2. The highest BCUT2D eigenvalue weighted by Gasteiger charge is 2.31. The number of carbonyl (C=O) groups excluding carboxylic acids is 1. The second kappa shape index (κ2) is 5.64. The van der Waals surface area contributed by atoms with Crippen molar-refractivity contribution >= 4 is 11.8 Å². The molecule has 2 rings (SSSR count). The van der Waals surface area contributed by atoms with Crippen LogP contribution in [0.15, 0.2) is 18.2 Å². The first-order valence-electron chi connectivity index (χ1n) is 7.23. The van der Waals surface area contributed by atoms with Crippen LogP contribution in [0.3, 0.4) is 0 Å². The number of carbonyl (C=O) groups is 1. The number of benzene rings is 1. The van der Waals surface area contributed by atoms with E-state index >= 15 is 0 Å². The van der Waals surface area contributed by atoms with Crippen molar-refractivity contribution in [1.29, 1.82) is 0 Å². The summed E-state index contributed by atoms with van der Waals surface area (Å²) in [6.07, 6.45) is -1.24. The molecule has 2 N–H and O–H groups in total. The molecule has 0 aliphatic carbocycles. The molecule has 1 aromatic rings. The molecule has 1 aliphatic heterocycles. The van der Waals surface area contributed by atoms with E-state index < -0.39 is 17.9 Å². The van der Waals surface area contributed by atoms with Crippen molar-refractivity contribution in [3.8, 4) is 0 Å². The lowest BCUT2D eigenvalue weighted by Gasteiger charge is -2.33. The Hall–Kier alpha value is -1.62. The predicted molar refractivity (Wildman–Crippen MR) is 81.1 cm³/mol. The third-order valence-corrected chi connectivity index (χ3v) is 3.43. The third kappa shape index (κ3) is 3.53. The quantitative estimate of drug-likeness (QED) is 0.855. The van der Waals surface area contributed by atoms with Gasteiger partial charge in [-0.3, -0.25) is 4.90 Å². The predicted octanol–water partition coefficient (Wildman–Crippen LogP) is 3.86. The molecule has 0 bridgehead atoms. The molecule has 0 radical (unpaired) electrons. The van der Waals surface area contributed by atoms with Gasteiger partial charge < -0.3 is 10.5 Å². The molecule has 4 nitrogen and oxygen atoms in total. The van der Waals surface area contributed by atoms with Crippen LogP contribution in [0.2, 0.25) is 0 Å². The number of alkyl halides is 1. The Labute approximate surface area is 125 Å². The van der Waals surface area contributed by atoms with Crippen LogP contribution in [0.5, 0.6) is 0 Å². The average molecular weight is 294 g/mol. The first kappa shape index (κ1) is 15.8. The van der Waals surface area contributed by atoms with Crippen molar-refractivity contribution in [3.05, 3.63) is 29.3 Å². The van der Waals surface area contributed by atoms with Crippen molar-refractivity contribution in [1.82, 2.24) is 0 Å². The second-order valence-corrected chi connectivity index (χ2v) is 6.50. The average Bonchev–Trinajstić information content (AvgIpc) is 2.36. The van der Waals surface area contributed by atoms with Crippen molar-refractivity contribution in [2.24, 2.45) is 5.73 Å². The molecular formula is C16H23FN2O2. The molecule has 116 valence electrons. The Balaban J connectivity index is 2.34. The van der Waals surface area contributed by atoms with Gasteiger partial charge in [0.15, 0.2) is 0 Å². The van der Waals surface area contributed by atoms with Crippen LogP contribution in [0.4, 0.5) is 14.9 Å². The molecule has 0 aromatic heterocycles. The standard InChI is InChI=1S/C16H23FN2O2/c1-10(18)11-5-6-14-12(9-11)13(17)7-8-19(14)15(20)21-16(2,3)4/h5-6,9-10,13H,7-8,18H2,1-4H3. The zero-order valence-corrected chi connectivity index (χ0v) is 13.0. The molecule has 0 saturated carbocycles. The minimum absolute atomic E-state index is 0.167. The van der Waals surface area contributed by atoms with E-state index in [1.807, 2.05) is 33.8 Å². The monoisotopic (exact) mass is 294 g/mol. The molecule has 0 spiro atoms. The molecule has 0 fully saturated rings. The number of ether oxygens (including phenoxy) is 1. The number of anilines is 1. The van der Waals surface area contributed by atoms with Crippen molar-refractivity contribution in [2.75, 3.05) is 11.4 Å². The molecule has 21 heavy (non-hydrogen) atoms. The number of halogens is 1. The molecule has 0 saturated heterocycles. The van der Waals surface area contributed by atoms with Crippen LogP contribution >= 0.6 is 0 Å². The summed E-state index contributed by atoms with van der Waals surface area (Å²) in [6.45, 7) is 7.61. The van der Waals surface area contributed by atoms with Gasteiger partial charge in [-0.25, -0.2) is 9.18 Å². The van der Waals surface area contributed by atoms with Crippen LogP contribution < -0.4 is 10.6 Å². The van der Waals surface area contributed by atoms with E-state index in [4.69, 9.17) is 10.5 Å². The summed E-state index contributed by atoms with van der Waals surface area (Å²) in [6, 6.07) is 5.17. The summed E-state index contributed by atoms with van der Waals surface area (Å²) in [4.78, 5) is 13.8. The molecule has 1 heterocycles. The van der Waals surface area contributed by atoms with E-state index in [9.17, 15) is 9.18 Å². The van der Waals surface area contributed by atoms with E-state index in [2.05, 4.69) is 0 Å². The number of hydrogen-bond acceptors (Lipinski definition) is 3.